The van der Waals surface area contributed by atoms with Gasteiger partial charge in [-0.15, -0.1) is 0 Å². The van der Waals surface area contributed by atoms with Crippen molar-refractivity contribution in [2.45, 2.75) is 18.9 Å². The molecule has 0 saturated carbocycles. The lowest BCUT2D eigenvalue weighted by atomic mass is 10.0. The van der Waals surface area contributed by atoms with Crippen molar-refractivity contribution in [3.63, 3.8) is 0 Å². The Morgan fingerprint density at radius 1 is 1.35 bits per heavy atom. The van der Waals surface area contributed by atoms with E-state index in [4.69, 9.17) is 34.8 Å². The molecule has 110 valence electrons. The van der Waals surface area contributed by atoms with Crippen LogP contribution in [0.3, 0.4) is 0 Å². The fourth-order valence-corrected chi connectivity index (χ4v) is 3.02. The minimum atomic E-state index is -0.191. The van der Waals surface area contributed by atoms with Gasteiger partial charge in [0, 0.05) is 17.1 Å². The van der Waals surface area contributed by atoms with Gasteiger partial charge in [0.05, 0.1) is 22.3 Å². The third kappa shape index (κ3) is 3.99. The van der Waals surface area contributed by atoms with Gasteiger partial charge in [-0.2, -0.15) is 0 Å². The van der Waals surface area contributed by atoms with Gasteiger partial charge < -0.3 is 16.0 Å². The van der Waals surface area contributed by atoms with Crippen LogP contribution in [0.5, 0.6) is 0 Å². The van der Waals surface area contributed by atoms with E-state index in [2.05, 4.69) is 22.9 Å². The lowest BCUT2D eigenvalue weighted by Gasteiger charge is -2.24. The topological polar surface area (TPSA) is 53.2 Å². The summed E-state index contributed by atoms with van der Waals surface area (Å²) >= 11 is 17.9. The van der Waals surface area contributed by atoms with Gasteiger partial charge in [0.15, 0.2) is 0 Å². The molecule has 1 aliphatic heterocycles. The predicted molar refractivity (Wildman–Crippen MR) is 84.0 cm³/mol. The van der Waals surface area contributed by atoms with Crippen LogP contribution >= 0.6 is 34.8 Å². The summed E-state index contributed by atoms with van der Waals surface area (Å²) in [6.07, 6.45) is 0.989. The van der Waals surface area contributed by atoms with Crippen molar-refractivity contribution in [3.8, 4) is 0 Å². The number of hydrogen-bond acceptors (Lipinski definition) is 3. The first-order chi connectivity index (χ1) is 9.39. The van der Waals surface area contributed by atoms with Gasteiger partial charge in [-0.25, -0.2) is 0 Å². The van der Waals surface area contributed by atoms with Crippen molar-refractivity contribution < 1.29 is 4.79 Å². The van der Waals surface area contributed by atoms with E-state index in [1.807, 2.05) is 0 Å². The van der Waals surface area contributed by atoms with Crippen molar-refractivity contribution in [2.24, 2.45) is 0 Å². The molecule has 1 atom stereocenters. The van der Waals surface area contributed by atoms with Crippen molar-refractivity contribution >= 4 is 46.4 Å². The zero-order valence-electron chi connectivity index (χ0n) is 11.0. The second-order valence-corrected chi connectivity index (χ2v) is 6.38. The number of nitrogens with one attached hydrogen (secondary N) is 3. The highest BCUT2D eigenvalue weighted by Gasteiger charge is 2.28. The molecule has 4 nitrogen and oxygen atoms in total. The van der Waals surface area contributed by atoms with Crippen LogP contribution in [-0.2, 0) is 4.79 Å². The van der Waals surface area contributed by atoms with E-state index in [0.29, 0.717) is 20.8 Å². The molecule has 0 spiro atoms. The third-order valence-corrected chi connectivity index (χ3v) is 4.13. The molecule has 1 saturated heterocycles. The van der Waals surface area contributed by atoms with Crippen LogP contribution in [0.1, 0.15) is 13.3 Å². The number of hydrogen-bond donors (Lipinski definition) is 3. The van der Waals surface area contributed by atoms with Gasteiger partial charge in [0.1, 0.15) is 0 Å². The SMILES string of the molecule is CC1(NCC(=O)Nc2c(Cl)cc(Cl)cc2Cl)CCNC1. The molecule has 1 amide bonds. The molecule has 2 rings (SSSR count). The second kappa shape index (κ2) is 6.50. The van der Waals surface area contributed by atoms with Gasteiger partial charge >= 0.3 is 0 Å². The number of carbonyl (C=O) groups excluding carboxylic acids is 1. The number of halogens is 3. The number of anilines is 1. The number of carbonyl (C=O) groups is 1. The lowest BCUT2D eigenvalue weighted by molar-refractivity contribution is -0.115. The highest BCUT2D eigenvalue weighted by Crippen LogP contribution is 2.33. The van der Waals surface area contributed by atoms with E-state index in [0.717, 1.165) is 19.5 Å². The standard InChI is InChI=1S/C13H16Cl3N3O/c1-13(2-3-17-7-13)18-6-11(20)19-12-9(15)4-8(14)5-10(12)16/h4-5,17-18H,2-3,6-7H2,1H3,(H,19,20). The van der Waals surface area contributed by atoms with Gasteiger partial charge in [0.25, 0.3) is 0 Å². The first-order valence-electron chi connectivity index (χ1n) is 6.30. The Hall–Kier alpha value is -0.520. The van der Waals surface area contributed by atoms with E-state index in [1.165, 1.54) is 0 Å². The summed E-state index contributed by atoms with van der Waals surface area (Å²) in [6.45, 7) is 4.10. The average Bonchev–Trinajstić information content (AvgIpc) is 2.79. The Morgan fingerprint density at radius 2 is 2.00 bits per heavy atom. The van der Waals surface area contributed by atoms with Crippen LogP contribution in [-0.4, -0.2) is 31.1 Å². The van der Waals surface area contributed by atoms with Crippen molar-refractivity contribution in [3.05, 3.63) is 27.2 Å². The maximum Gasteiger partial charge on any atom is 0.238 e. The van der Waals surface area contributed by atoms with Crippen LogP contribution in [0.15, 0.2) is 12.1 Å². The Labute approximate surface area is 133 Å². The van der Waals surface area contributed by atoms with E-state index >= 15 is 0 Å². The van der Waals surface area contributed by atoms with Crippen LogP contribution in [0.2, 0.25) is 15.1 Å². The second-order valence-electron chi connectivity index (χ2n) is 5.13. The highest BCUT2D eigenvalue weighted by atomic mass is 35.5. The summed E-state index contributed by atoms with van der Waals surface area (Å²) in [5.74, 6) is -0.191. The molecule has 20 heavy (non-hydrogen) atoms. The average molecular weight is 337 g/mol. The molecule has 0 bridgehead atoms. The fraction of sp³-hybridized carbons (Fsp3) is 0.462. The van der Waals surface area contributed by atoms with Gasteiger partial charge in [-0.3, -0.25) is 4.79 Å². The molecule has 0 aliphatic carbocycles. The molecular weight excluding hydrogens is 321 g/mol. The van der Waals surface area contributed by atoms with Gasteiger partial charge in [0.2, 0.25) is 5.91 Å². The molecule has 1 aliphatic rings. The van der Waals surface area contributed by atoms with Crippen LogP contribution in [0.25, 0.3) is 0 Å². The summed E-state index contributed by atoms with van der Waals surface area (Å²) in [4.78, 5) is 12.0. The maximum atomic E-state index is 12.0. The molecule has 1 fully saturated rings. The summed E-state index contributed by atoms with van der Waals surface area (Å²) in [5.41, 5.74) is 0.338. The first-order valence-corrected chi connectivity index (χ1v) is 7.43. The zero-order chi connectivity index (χ0) is 14.8. The van der Waals surface area contributed by atoms with Crippen LogP contribution in [0, 0.1) is 0 Å². The molecule has 7 heteroatoms. The van der Waals surface area contributed by atoms with Crippen LogP contribution < -0.4 is 16.0 Å². The normalized spacial score (nSPS) is 22.0. The molecule has 1 aromatic carbocycles. The van der Waals surface area contributed by atoms with Crippen LogP contribution in [0.4, 0.5) is 5.69 Å². The molecule has 1 heterocycles. The minimum absolute atomic E-state index is 0.0507. The van der Waals surface area contributed by atoms with E-state index in [-0.39, 0.29) is 18.0 Å². The molecule has 3 N–H and O–H groups in total. The van der Waals surface area contributed by atoms with E-state index < -0.39 is 0 Å². The van der Waals surface area contributed by atoms with Gasteiger partial charge in [-0.1, -0.05) is 34.8 Å². The lowest BCUT2D eigenvalue weighted by Crippen LogP contribution is -2.47. The summed E-state index contributed by atoms with van der Waals surface area (Å²) in [6, 6.07) is 3.08. The Kier molecular flexibility index (Phi) is 5.15. The zero-order valence-corrected chi connectivity index (χ0v) is 13.3. The van der Waals surface area contributed by atoms with Gasteiger partial charge in [-0.05, 0) is 32.0 Å². The third-order valence-electron chi connectivity index (χ3n) is 3.32. The molecule has 1 aromatic rings. The fourth-order valence-electron chi connectivity index (χ4n) is 2.11. The Balaban J connectivity index is 1.95. The Bertz CT molecular complexity index is 493. The molecule has 0 radical (unpaired) electrons. The van der Waals surface area contributed by atoms with E-state index in [1.54, 1.807) is 12.1 Å². The smallest absolute Gasteiger partial charge is 0.238 e. The highest BCUT2D eigenvalue weighted by molar-refractivity contribution is 6.42. The molecular formula is C13H16Cl3N3O. The quantitative estimate of drug-likeness (QED) is 0.792. The number of benzene rings is 1. The number of rotatable bonds is 4. The summed E-state index contributed by atoms with van der Waals surface area (Å²) in [7, 11) is 0. The largest absolute Gasteiger partial charge is 0.322 e. The molecule has 0 aromatic heterocycles. The first kappa shape index (κ1) is 15.9. The molecule has 1 unspecified atom stereocenters. The summed E-state index contributed by atoms with van der Waals surface area (Å²) in [5, 5.41) is 10.3. The monoisotopic (exact) mass is 335 g/mol. The minimum Gasteiger partial charge on any atom is -0.322 e. The predicted octanol–water partition coefficient (Wildman–Crippen LogP) is 2.93. The number of amides is 1. The van der Waals surface area contributed by atoms with Crippen molar-refractivity contribution in [1.29, 1.82) is 0 Å². The summed E-state index contributed by atoms with van der Waals surface area (Å²) < 4.78 is 0. The van der Waals surface area contributed by atoms with Crippen molar-refractivity contribution in [1.82, 2.24) is 10.6 Å². The Morgan fingerprint density at radius 3 is 2.55 bits per heavy atom. The van der Waals surface area contributed by atoms with Crippen molar-refractivity contribution in [2.75, 3.05) is 25.0 Å². The maximum absolute atomic E-state index is 12.0. The van der Waals surface area contributed by atoms with E-state index in [9.17, 15) is 4.79 Å².